The fourth-order valence-electron chi connectivity index (χ4n) is 2.05. The third-order valence-electron chi connectivity index (χ3n) is 3.36. The van der Waals surface area contributed by atoms with Gasteiger partial charge in [0.1, 0.15) is 4.88 Å². The predicted molar refractivity (Wildman–Crippen MR) is 66.9 cm³/mol. The van der Waals surface area contributed by atoms with Crippen molar-refractivity contribution in [2.24, 2.45) is 5.92 Å². The minimum atomic E-state index is -0.853. The number of rotatable bonds is 5. The van der Waals surface area contributed by atoms with Gasteiger partial charge in [0.25, 0.3) is 0 Å². The molecule has 1 heterocycles. The summed E-state index contributed by atoms with van der Waals surface area (Å²) in [6, 6.07) is 0.614. The molecule has 0 radical (unpaired) electrons. The average Bonchev–Trinajstić information content (AvgIpc) is 3.14. The van der Waals surface area contributed by atoms with E-state index in [1.165, 1.54) is 37.0 Å². The lowest BCUT2D eigenvalue weighted by atomic mass is 10.4. The van der Waals surface area contributed by atoms with E-state index in [-0.39, 0.29) is 0 Å². The Morgan fingerprint density at radius 2 is 2.18 bits per heavy atom. The first-order valence-corrected chi connectivity index (χ1v) is 6.94. The predicted octanol–water partition coefficient (Wildman–Crippen LogP) is 2.53. The van der Waals surface area contributed by atoms with Gasteiger partial charge in [-0.15, -0.1) is 0 Å². The quantitative estimate of drug-likeness (QED) is 0.875. The van der Waals surface area contributed by atoms with Crippen molar-refractivity contribution in [3.05, 3.63) is 10.6 Å². The number of nitrogens with zero attached hydrogens (tertiary/aromatic N) is 2. The van der Waals surface area contributed by atoms with E-state index in [9.17, 15) is 4.79 Å². The van der Waals surface area contributed by atoms with Crippen molar-refractivity contribution in [3.8, 4) is 0 Å². The Morgan fingerprint density at radius 1 is 1.47 bits per heavy atom. The maximum absolute atomic E-state index is 11.0. The van der Waals surface area contributed by atoms with Gasteiger partial charge in [0.05, 0.1) is 5.69 Å². The molecular formula is C12H16N2O2S. The normalized spacial score (nSPS) is 19.4. The number of hydrogen-bond donors (Lipinski definition) is 1. The molecule has 2 saturated carbocycles. The first kappa shape index (κ1) is 11.0. The van der Waals surface area contributed by atoms with Crippen LogP contribution in [0.3, 0.4) is 0 Å². The number of thiazole rings is 1. The van der Waals surface area contributed by atoms with Crippen LogP contribution in [0.4, 0.5) is 5.13 Å². The maximum Gasteiger partial charge on any atom is 0.347 e. The number of hydrogen-bond acceptors (Lipinski definition) is 4. The third kappa shape index (κ3) is 2.29. The summed E-state index contributed by atoms with van der Waals surface area (Å²) in [5, 5.41) is 9.97. The van der Waals surface area contributed by atoms with E-state index in [1.54, 1.807) is 6.92 Å². The molecule has 3 rings (SSSR count). The van der Waals surface area contributed by atoms with Crippen molar-refractivity contribution < 1.29 is 9.90 Å². The van der Waals surface area contributed by atoms with Gasteiger partial charge in [-0.3, -0.25) is 0 Å². The van der Waals surface area contributed by atoms with Crippen LogP contribution in [0, 0.1) is 12.8 Å². The average molecular weight is 252 g/mol. The largest absolute Gasteiger partial charge is 0.477 e. The minimum Gasteiger partial charge on any atom is -0.477 e. The van der Waals surface area contributed by atoms with Crippen LogP contribution in [0.2, 0.25) is 0 Å². The summed E-state index contributed by atoms with van der Waals surface area (Å²) in [4.78, 5) is 18.2. The summed E-state index contributed by atoms with van der Waals surface area (Å²) in [7, 11) is 0. The van der Waals surface area contributed by atoms with E-state index < -0.39 is 5.97 Å². The molecule has 1 aromatic heterocycles. The van der Waals surface area contributed by atoms with Crippen molar-refractivity contribution >= 4 is 22.4 Å². The van der Waals surface area contributed by atoms with Gasteiger partial charge < -0.3 is 10.0 Å². The van der Waals surface area contributed by atoms with Crippen LogP contribution in [0.15, 0.2) is 0 Å². The molecule has 0 atom stereocenters. The zero-order chi connectivity index (χ0) is 12.0. The topological polar surface area (TPSA) is 53.4 Å². The fraction of sp³-hybridized carbons (Fsp3) is 0.667. The molecule has 0 spiro atoms. The van der Waals surface area contributed by atoms with Crippen LogP contribution in [0.25, 0.3) is 0 Å². The molecule has 1 N–H and O–H groups in total. The van der Waals surface area contributed by atoms with Gasteiger partial charge in [-0.25, -0.2) is 9.78 Å². The second kappa shape index (κ2) is 3.98. The van der Waals surface area contributed by atoms with E-state index in [1.807, 2.05) is 0 Å². The fourth-order valence-corrected chi connectivity index (χ4v) is 3.04. The van der Waals surface area contributed by atoms with Crippen LogP contribution in [0.1, 0.15) is 41.0 Å². The van der Waals surface area contributed by atoms with E-state index >= 15 is 0 Å². The molecule has 92 valence electrons. The molecule has 0 unspecified atom stereocenters. The van der Waals surface area contributed by atoms with Crippen molar-refractivity contribution in [1.29, 1.82) is 0 Å². The van der Waals surface area contributed by atoms with Crippen molar-refractivity contribution in [1.82, 2.24) is 4.98 Å². The monoisotopic (exact) mass is 252 g/mol. The highest BCUT2D eigenvalue weighted by Crippen LogP contribution is 2.39. The number of aromatic nitrogens is 1. The molecule has 2 aliphatic carbocycles. The third-order valence-corrected chi connectivity index (χ3v) is 4.55. The van der Waals surface area contributed by atoms with Gasteiger partial charge in [0, 0.05) is 12.6 Å². The smallest absolute Gasteiger partial charge is 0.347 e. The maximum atomic E-state index is 11.0. The Balaban J connectivity index is 1.83. The molecule has 2 aliphatic rings. The van der Waals surface area contributed by atoms with Crippen molar-refractivity contribution in [2.45, 2.75) is 38.6 Å². The zero-order valence-electron chi connectivity index (χ0n) is 9.85. The highest BCUT2D eigenvalue weighted by Gasteiger charge is 2.35. The lowest BCUT2D eigenvalue weighted by Crippen LogP contribution is -2.27. The van der Waals surface area contributed by atoms with E-state index in [0.717, 1.165) is 17.6 Å². The SMILES string of the molecule is Cc1nc(N(CC2CC2)C2CC2)sc1C(=O)O. The van der Waals surface area contributed by atoms with Crippen molar-refractivity contribution in [2.75, 3.05) is 11.4 Å². The van der Waals surface area contributed by atoms with Crippen LogP contribution in [-0.4, -0.2) is 28.6 Å². The highest BCUT2D eigenvalue weighted by molar-refractivity contribution is 7.17. The molecule has 0 aromatic carbocycles. The zero-order valence-corrected chi connectivity index (χ0v) is 10.7. The molecule has 2 fully saturated rings. The van der Waals surface area contributed by atoms with Crippen LogP contribution >= 0.6 is 11.3 Å². The summed E-state index contributed by atoms with van der Waals surface area (Å²) in [6.07, 6.45) is 5.10. The first-order chi connectivity index (χ1) is 8.15. The lowest BCUT2D eigenvalue weighted by Gasteiger charge is -2.20. The number of carboxylic acids is 1. The van der Waals surface area contributed by atoms with Gasteiger partial charge in [-0.2, -0.15) is 0 Å². The molecular weight excluding hydrogens is 236 g/mol. The Labute approximate surface area is 104 Å². The molecule has 0 aliphatic heterocycles. The summed E-state index contributed by atoms with van der Waals surface area (Å²) >= 11 is 1.33. The second-order valence-electron chi connectivity index (χ2n) is 5.04. The van der Waals surface area contributed by atoms with Gasteiger partial charge in [-0.1, -0.05) is 11.3 Å². The van der Waals surface area contributed by atoms with Crippen LogP contribution in [0.5, 0.6) is 0 Å². The molecule has 0 amide bonds. The Kier molecular flexibility index (Phi) is 2.58. The van der Waals surface area contributed by atoms with E-state index in [0.29, 0.717) is 16.6 Å². The van der Waals surface area contributed by atoms with Crippen LogP contribution < -0.4 is 4.90 Å². The number of anilines is 1. The summed E-state index contributed by atoms with van der Waals surface area (Å²) < 4.78 is 0. The summed E-state index contributed by atoms with van der Waals surface area (Å²) in [6.45, 7) is 2.85. The van der Waals surface area contributed by atoms with Gasteiger partial charge >= 0.3 is 5.97 Å². The molecule has 0 bridgehead atoms. The number of aryl methyl sites for hydroxylation is 1. The molecule has 17 heavy (non-hydrogen) atoms. The standard InChI is InChI=1S/C12H16N2O2S/c1-7-10(11(15)16)17-12(13-7)14(9-4-5-9)6-8-2-3-8/h8-9H,2-6H2,1H3,(H,15,16). The number of carboxylic acid groups (broad SMARTS) is 1. The van der Waals surface area contributed by atoms with Crippen molar-refractivity contribution in [3.63, 3.8) is 0 Å². The Hall–Kier alpha value is -1.10. The second-order valence-corrected chi connectivity index (χ2v) is 6.02. The molecule has 4 nitrogen and oxygen atoms in total. The van der Waals surface area contributed by atoms with Crippen LogP contribution in [-0.2, 0) is 0 Å². The summed E-state index contributed by atoms with van der Waals surface area (Å²) in [5.41, 5.74) is 0.652. The molecule has 5 heteroatoms. The molecule has 0 saturated heterocycles. The first-order valence-electron chi connectivity index (χ1n) is 6.12. The highest BCUT2D eigenvalue weighted by atomic mass is 32.1. The Morgan fingerprint density at radius 3 is 2.65 bits per heavy atom. The Bertz CT molecular complexity index is 449. The minimum absolute atomic E-state index is 0.390. The van der Waals surface area contributed by atoms with Gasteiger partial charge in [0.2, 0.25) is 0 Å². The van der Waals surface area contributed by atoms with E-state index in [4.69, 9.17) is 5.11 Å². The molecule has 1 aromatic rings. The summed E-state index contributed by atoms with van der Waals surface area (Å²) in [5.74, 6) is -0.0403. The van der Waals surface area contributed by atoms with Gasteiger partial charge in [-0.05, 0) is 38.5 Å². The number of carbonyl (C=O) groups is 1. The van der Waals surface area contributed by atoms with Gasteiger partial charge in [0.15, 0.2) is 5.13 Å². The van der Waals surface area contributed by atoms with E-state index in [2.05, 4.69) is 9.88 Å². The number of aromatic carboxylic acids is 1. The lowest BCUT2D eigenvalue weighted by molar-refractivity contribution is 0.0701.